The summed E-state index contributed by atoms with van der Waals surface area (Å²) < 4.78 is 11.4. The van der Waals surface area contributed by atoms with Crippen LogP contribution in [0.25, 0.3) is 0 Å². The predicted octanol–water partition coefficient (Wildman–Crippen LogP) is 5.38. The number of nitrogens with zero attached hydrogens (tertiary/aromatic N) is 1. The second-order valence-corrected chi connectivity index (χ2v) is 10.9. The molecule has 3 aromatic rings. The first-order valence-corrected chi connectivity index (χ1v) is 15.7. The van der Waals surface area contributed by atoms with Gasteiger partial charge in [0.2, 0.25) is 0 Å². The number of carbonyl (C=O) groups is 2. The van der Waals surface area contributed by atoms with E-state index in [9.17, 15) is 24.9 Å². The predicted molar refractivity (Wildman–Crippen MR) is 176 cm³/mol. The molecule has 0 saturated heterocycles. The van der Waals surface area contributed by atoms with E-state index in [1.807, 2.05) is 37.3 Å². The van der Waals surface area contributed by atoms with Gasteiger partial charge in [0, 0.05) is 31.3 Å². The summed E-state index contributed by atoms with van der Waals surface area (Å²) in [7, 11) is 0. The van der Waals surface area contributed by atoms with Crippen LogP contribution in [-0.4, -0.2) is 60.2 Å². The van der Waals surface area contributed by atoms with Crippen molar-refractivity contribution in [3.05, 3.63) is 89.0 Å². The summed E-state index contributed by atoms with van der Waals surface area (Å²) in [6.45, 7) is 6.12. The number of amides is 2. The van der Waals surface area contributed by atoms with Crippen LogP contribution in [0.3, 0.4) is 0 Å². The highest BCUT2D eigenvalue weighted by molar-refractivity contribution is 6.01. The van der Waals surface area contributed by atoms with Crippen molar-refractivity contribution < 1.29 is 39.2 Å². The fraction of sp³-hybridized carbons (Fsp3) is 0.429. The Bertz CT molecular complexity index is 1370. The number of rotatable bonds is 19. The second kappa shape index (κ2) is 20.2. The summed E-state index contributed by atoms with van der Waals surface area (Å²) >= 11 is 0. The van der Waals surface area contributed by atoms with Crippen molar-refractivity contribution in [3.63, 3.8) is 0 Å². The van der Waals surface area contributed by atoms with Gasteiger partial charge < -0.3 is 40.3 Å². The van der Waals surface area contributed by atoms with E-state index in [4.69, 9.17) is 14.3 Å². The maximum absolute atomic E-state index is 13.0. The Labute approximate surface area is 271 Å². The number of phenols is 1. The molecule has 0 aliphatic rings. The van der Waals surface area contributed by atoms with Crippen molar-refractivity contribution in [1.29, 1.82) is 0 Å². The monoisotopic (exact) mass is 637 g/mol. The van der Waals surface area contributed by atoms with Gasteiger partial charge in [0.05, 0.1) is 38.2 Å². The summed E-state index contributed by atoms with van der Waals surface area (Å²) in [5, 5.41) is 36.2. The summed E-state index contributed by atoms with van der Waals surface area (Å²) in [5.74, 6) is -0.580. The first kappa shape index (κ1) is 36.5. The number of nitrogens with one attached hydrogen (secondary N) is 2. The van der Waals surface area contributed by atoms with E-state index in [-0.39, 0.29) is 12.4 Å². The van der Waals surface area contributed by atoms with Crippen molar-refractivity contribution in [3.8, 4) is 5.75 Å². The Kier molecular flexibility index (Phi) is 16.0. The average molecular weight is 638 g/mol. The summed E-state index contributed by atoms with van der Waals surface area (Å²) in [4.78, 5) is 29.9. The fourth-order valence-electron chi connectivity index (χ4n) is 4.67. The van der Waals surface area contributed by atoms with Crippen LogP contribution in [0.2, 0.25) is 0 Å². The number of ether oxygens (including phenoxy) is 2. The Hall–Kier alpha value is -4.00. The number of urea groups is 1. The molecule has 46 heavy (non-hydrogen) atoms. The molecule has 11 heteroatoms. The zero-order valence-electron chi connectivity index (χ0n) is 26.7. The van der Waals surface area contributed by atoms with Gasteiger partial charge in [-0.05, 0) is 78.9 Å². The zero-order chi connectivity index (χ0) is 33.1. The summed E-state index contributed by atoms with van der Waals surface area (Å²) in [6.07, 6.45) is 4.11. The van der Waals surface area contributed by atoms with Crippen LogP contribution in [0.4, 0.5) is 16.2 Å². The SMILES string of the molecule is CCc1cccc(N(OC(C)=O)C(=O)Nc2cccc(COCCOCCCCCCNC[C@H](O)c3ccc(O)c(CO)c3)c2)c1. The Morgan fingerprint density at radius 3 is 2.43 bits per heavy atom. The largest absolute Gasteiger partial charge is 0.508 e. The third-order valence-electron chi connectivity index (χ3n) is 7.17. The van der Waals surface area contributed by atoms with E-state index < -0.39 is 18.1 Å². The molecule has 3 aromatic carbocycles. The number of anilines is 2. The summed E-state index contributed by atoms with van der Waals surface area (Å²) in [5.41, 5.74) is 3.96. The quantitative estimate of drug-likeness (QED) is 0.0863. The van der Waals surface area contributed by atoms with Crippen LogP contribution >= 0.6 is 0 Å². The number of benzene rings is 3. The van der Waals surface area contributed by atoms with Gasteiger partial charge in [0.15, 0.2) is 0 Å². The van der Waals surface area contributed by atoms with E-state index in [0.29, 0.717) is 55.5 Å². The normalized spacial score (nSPS) is 11.7. The number of carbonyl (C=O) groups excluding carboxylic acids is 2. The van der Waals surface area contributed by atoms with E-state index in [1.165, 1.54) is 13.0 Å². The van der Waals surface area contributed by atoms with Gasteiger partial charge in [-0.25, -0.2) is 9.59 Å². The molecule has 0 fully saturated rings. The standard InChI is InChI=1S/C35H47N3O8/c1-3-27-10-9-13-32(21-27)38(46-26(2)40)35(43)37-31-12-8-11-28(20-31)25-45-19-18-44-17-7-5-4-6-16-36-23-34(42)29-14-15-33(41)30(22-29)24-39/h8-15,20-22,34,36,39,41-42H,3-7,16-19,23-25H2,1-2H3,(H,37,43)/t34-/m0/s1. The lowest BCUT2D eigenvalue weighted by molar-refractivity contribution is -0.141. The molecule has 0 aliphatic carbocycles. The Morgan fingerprint density at radius 2 is 1.65 bits per heavy atom. The highest BCUT2D eigenvalue weighted by Gasteiger charge is 2.20. The molecule has 0 spiro atoms. The minimum absolute atomic E-state index is 0.0228. The van der Waals surface area contributed by atoms with Crippen molar-refractivity contribution in [2.45, 2.75) is 65.3 Å². The van der Waals surface area contributed by atoms with Crippen LogP contribution in [0.15, 0.2) is 66.7 Å². The smallest absolute Gasteiger partial charge is 0.359 e. The van der Waals surface area contributed by atoms with Gasteiger partial charge in [-0.15, -0.1) is 5.06 Å². The lowest BCUT2D eigenvalue weighted by Crippen LogP contribution is -2.36. The van der Waals surface area contributed by atoms with Crippen molar-refractivity contribution >= 4 is 23.4 Å². The molecular weight excluding hydrogens is 590 g/mol. The van der Waals surface area contributed by atoms with Crippen LogP contribution in [0.5, 0.6) is 5.75 Å². The molecule has 0 heterocycles. The number of hydroxylamine groups is 1. The number of aromatic hydroxyl groups is 1. The van der Waals surface area contributed by atoms with Crippen LogP contribution < -0.4 is 15.7 Å². The molecule has 0 aliphatic heterocycles. The van der Waals surface area contributed by atoms with Crippen molar-refractivity contribution in [2.24, 2.45) is 0 Å². The highest BCUT2D eigenvalue weighted by atomic mass is 16.7. The highest BCUT2D eigenvalue weighted by Crippen LogP contribution is 2.23. The molecule has 1 atom stereocenters. The Balaban J connectivity index is 1.25. The number of aryl methyl sites for hydroxylation is 1. The van der Waals surface area contributed by atoms with E-state index in [0.717, 1.165) is 54.8 Å². The first-order chi connectivity index (χ1) is 22.3. The number of hydrogen-bond acceptors (Lipinski definition) is 9. The van der Waals surface area contributed by atoms with E-state index in [2.05, 4.69) is 10.6 Å². The fourth-order valence-corrected chi connectivity index (χ4v) is 4.67. The molecular formula is C35H47N3O8. The minimum Gasteiger partial charge on any atom is -0.508 e. The molecule has 11 nitrogen and oxygen atoms in total. The van der Waals surface area contributed by atoms with Crippen molar-refractivity contribution in [1.82, 2.24) is 5.32 Å². The van der Waals surface area contributed by atoms with E-state index >= 15 is 0 Å². The molecule has 5 N–H and O–H groups in total. The van der Waals surface area contributed by atoms with Crippen molar-refractivity contribution in [2.75, 3.05) is 43.3 Å². The van der Waals surface area contributed by atoms with E-state index in [1.54, 1.807) is 30.3 Å². The molecule has 0 bridgehead atoms. The molecule has 0 radical (unpaired) electrons. The number of aliphatic hydroxyl groups excluding tert-OH is 2. The maximum atomic E-state index is 13.0. The van der Waals surface area contributed by atoms with Gasteiger partial charge in [-0.1, -0.05) is 50.1 Å². The lowest BCUT2D eigenvalue weighted by atomic mass is 10.1. The minimum atomic E-state index is -0.704. The van der Waals surface area contributed by atoms with Gasteiger partial charge in [0.25, 0.3) is 0 Å². The van der Waals surface area contributed by atoms with Crippen LogP contribution in [0, 0.1) is 0 Å². The molecule has 3 rings (SSSR count). The average Bonchev–Trinajstić information content (AvgIpc) is 3.05. The third kappa shape index (κ3) is 12.8. The van der Waals surface area contributed by atoms with Gasteiger partial charge >= 0.3 is 12.0 Å². The van der Waals surface area contributed by atoms with Crippen LogP contribution in [-0.2, 0) is 38.7 Å². The van der Waals surface area contributed by atoms with Crippen LogP contribution in [0.1, 0.15) is 67.9 Å². The van der Waals surface area contributed by atoms with Gasteiger partial charge in [0.1, 0.15) is 5.75 Å². The van der Waals surface area contributed by atoms with Gasteiger partial charge in [-0.2, -0.15) is 0 Å². The molecule has 0 saturated carbocycles. The van der Waals surface area contributed by atoms with Gasteiger partial charge in [-0.3, -0.25) is 0 Å². The third-order valence-corrected chi connectivity index (χ3v) is 7.17. The molecule has 250 valence electrons. The second-order valence-electron chi connectivity index (χ2n) is 10.9. The first-order valence-electron chi connectivity index (χ1n) is 15.7. The lowest BCUT2D eigenvalue weighted by Gasteiger charge is -2.21. The summed E-state index contributed by atoms with van der Waals surface area (Å²) in [6, 6.07) is 18.7. The number of aliphatic hydroxyl groups is 2. The molecule has 0 aromatic heterocycles. The Morgan fingerprint density at radius 1 is 0.891 bits per heavy atom. The number of unbranched alkanes of at least 4 members (excludes halogenated alkanes) is 3. The molecule has 2 amide bonds. The number of hydrogen-bond donors (Lipinski definition) is 5. The topological polar surface area (TPSA) is 150 Å². The molecule has 0 unspecified atom stereocenters. The maximum Gasteiger partial charge on any atom is 0.359 e. The zero-order valence-corrected chi connectivity index (χ0v) is 26.7.